The number of rotatable bonds is 7. The lowest BCUT2D eigenvalue weighted by Gasteiger charge is -2.20. The number of esters is 1. The summed E-state index contributed by atoms with van der Waals surface area (Å²) < 4.78 is 18.2. The molecule has 0 unspecified atom stereocenters. The maximum absolute atomic E-state index is 13.0. The van der Waals surface area contributed by atoms with E-state index in [-0.39, 0.29) is 30.7 Å². The Morgan fingerprint density at radius 3 is 2.38 bits per heavy atom. The van der Waals surface area contributed by atoms with Gasteiger partial charge in [0.1, 0.15) is 5.82 Å². The molecule has 0 fully saturated rings. The molecule has 6 heteroatoms. The third kappa shape index (κ3) is 6.15. The van der Waals surface area contributed by atoms with Gasteiger partial charge in [-0.05, 0) is 43.2 Å². The zero-order valence-electron chi connectivity index (χ0n) is 14.7. The van der Waals surface area contributed by atoms with Gasteiger partial charge >= 0.3 is 5.97 Å². The van der Waals surface area contributed by atoms with Gasteiger partial charge in [-0.1, -0.05) is 41.9 Å². The normalized spacial score (nSPS) is 11.9. The molecule has 138 valence electrons. The molecule has 4 nitrogen and oxygen atoms in total. The van der Waals surface area contributed by atoms with Crippen LogP contribution in [0.3, 0.4) is 0 Å². The highest BCUT2D eigenvalue weighted by molar-refractivity contribution is 6.31. The van der Waals surface area contributed by atoms with E-state index in [1.165, 1.54) is 12.1 Å². The van der Waals surface area contributed by atoms with Crippen LogP contribution in [-0.2, 0) is 20.7 Å². The molecule has 0 aromatic heterocycles. The van der Waals surface area contributed by atoms with Gasteiger partial charge in [-0.3, -0.25) is 9.59 Å². The first-order chi connectivity index (χ1) is 12.3. The topological polar surface area (TPSA) is 55.4 Å². The van der Waals surface area contributed by atoms with E-state index in [4.69, 9.17) is 16.3 Å². The quantitative estimate of drug-likeness (QED) is 0.735. The fraction of sp³-hybridized carbons (Fsp3) is 0.300. The van der Waals surface area contributed by atoms with E-state index >= 15 is 0 Å². The van der Waals surface area contributed by atoms with E-state index in [2.05, 4.69) is 5.32 Å². The minimum atomic E-state index is -0.608. The summed E-state index contributed by atoms with van der Waals surface area (Å²) in [5, 5.41) is 3.28. The lowest BCUT2D eigenvalue weighted by atomic mass is 10.0. The minimum Gasteiger partial charge on any atom is -0.463 e. The van der Waals surface area contributed by atoms with Gasteiger partial charge in [0.15, 0.2) is 0 Å². The van der Waals surface area contributed by atoms with E-state index in [0.29, 0.717) is 16.1 Å². The number of ether oxygens (including phenoxy) is 1. The van der Waals surface area contributed by atoms with Crippen molar-refractivity contribution in [3.8, 4) is 0 Å². The molecule has 26 heavy (non-hydrogen) atoms. The monoisotopic (exact) mass is 377 g/mol. The average Bonchev–Trinajstić information content (AvgIpc) is 2.56. The molecule has 1 N–H and O–H groups in total. The minimum absolute atomic E-state index is 0.0307. The number of halogens is 2. The molecule has 0 bridgehead atoms. The van der Waals surface area contributed by atoms with Crippen molar-refractivity contribution in [1.29, 1.82) is 0 Å². The van der Waals surface area contributed by atoms with Crippen molar-refractivity contribution in [2.75, 3.05) is 0 Å². The van der Waals surface area contributed by atoms with Gasteiger partial charge in [0.25, 0.3) is 0 Å². The number of hydrogen-bond donors (Lipinski definition) is 1. The molecule has 2 aromatic carbocycles. The summed E-state index contributed by atoms with van der Waals surface area (Å²) in [5.41, 5.74) is 1.31. The predicted molar refractivity (Wildman–Crippen MR) is 98.3 cm³/mol. The van der Waals surface area contributed by atoms with Crippen LogP contribution in [0.15, 0.2) is 48.5 Å². The summed E-state index contributed by atoms with van der Waals surface area (Å²) in [6.45, 7) is 3.52. The van der Waals surface area contributed by atoms with Crippen LogP contribution >= 0.6 is 11.6 Å². The second-order valence-corrected chi connectivity index (χ2v) is 6.59. The second-order valence-electron chi connectivity index (χ2n) is 6.19. The van der Waals surface area contributed by atoms with E-state index in [9.17, 15) is 14.0 Å². The van der Waals surface area contributed by atoms with E-state index < -0.39 is 12.0 Å². The Bertz CT molecular complexity index is 762. The molecule has 0 radical (unpaired) electrons. The molecule has 0 spiro atoms. The first-order valence-corrected chi connectivity index (χ1v) is 8.70. The molecule has 2 rings (SSSR count). The van der Waals surface area contributed by atoms with Gasteiger partial charge in [0.05, 0.1) is 25.0 Å². The smallest absolute Gasteiger partial charge is 0.308 e. The summed E-state index contributed by atoms with van der Waals surface area (Å²) in [5.74, 6) is -1.08. The molecular weight excluding hydrogens is 357 g/mol. The fourth-order valence-corrected chi connectivity index (χ4v) is 2.77. The standard InChI is InChI=1S/C20H21ClFNO3/c1-13(2)26-20(25)12-18(16-5-3-4-6-17(16)21)23-19(24)11-14-7-9-15(22)10-8-14/h3-10,13,18H,11-12H2,1-2H3,(H,23,24)/t18-/m0/s1. The number of carbonyl (C=O) groups excluding carboxylic acids is 2. The summed E-state index contributed by atoms with van der Waals surface area (Å²) in [4.78, 5) is 24.5. The molecule has 0 heterocycles. The van der Waals surface area contributed by atoms with Crippen LogP contribution in [-0.4, -0.2) is 18.0 Å². The van der Waals surface area contributed by atoms with Crippen LogP contribution in [0.5, 0.6) is 0 Å². The van der Waals surface area contributed by atoms with Crippen molar-refractivity contribution in [2.24, 2.45) is 0 Å². The van der Waals surface area contributed by atoms with Crippen molar-refractivity contribution in [2.45, 2.75) is 38.8 Å². The van der Waals surface area contributed by atoms with Gasteiger partial charge in [-0.2, -0.15) is 0 Å². The van der Waals surface area contributed by atoms with Crippen LogP contribution < -0.4 is 5.32 Å². The average molecular weight is 378 g/mol. The number of benzene rings is 2. The first kappa shape index (κ1) is 19.9. The maximum atomic E-state index is 13.0. The molecule has 1 amide bonds. The van der Waals surface area contributed by atoms with Crippen molar-refractivity contribution >= 4 is 23.5 Å². The zero-order valence-corrected chi connectivity index (χ0v) is 15.4. The SMILES string of the molecule is CC(C)OC(=O)C[C@H](NC(=O)Cc1ccc(F)cc1)c1ccccc1Cl. The zero-order chi connectivity index (χ0) is 19.1. The van der Waals surface area contributed by atoms with Crippen LogP contribution in [0, 0.1) is 5.82 Å². The Morgan fingerprint density at radius 1 is 1.12 bits per heavy atom. The van der Waals surface area contributed by atoms with Gasteiger partial charge in [0, 0.05) is 5.02 Å². The number of amides is 1. The Labute approximate surface area is 157 Å². The third-order valence-corrected chi connectivity index (χ3v) is 3.98. The summed E-state index contributed by atoms with van der Waals surface area (Å²) >= 11 is 6.22. The van der Waals surface area contributed by atoms with E-state index in [1.807, 2.05) is 0 Å². The highest BCUT2D eigenvalue weighted by atomic mass is 35.5. The fourth-order valence-electron chi connectivity index (χ4n) is 2.51. The van der Waals surface area contributed by atoms with Crippen molar-refractivity contribution in [3.63, 3.8) is 0 Å². The molecule has 0 saturated carbocycles. The molecule has 0 aliphatic rings. The highest BCUT2D eigenvalue weighted by Crippen LogP contribution is 2.25. The van der Waals surface area contributed by atoms with E-state index in [1.54, 1.807) is 50.2 Å². The largest absolute Gasteiger partial charge is 0.463 e. The Balaban J connectivity index is 2.12. The molecule has 0 aliphatic carbocycles. The summed E-state index contributed by atoms with van der Waals surface area (Å²) in [7, 11) is 0. The van der Waals surface area contributed by atoms with Crippen molar-refractivity contribution in [3.05, 3.63) is 70.5 Å². The lowest BCUT2D eigenvalue weighted by molar-refractivity contribution is -0.148. The summed E-state index contributed by atoms with van der Waals surface area (Å²) in [6.07, 6.45) is -0.207. The van der Waals surface area contributed by atoms with Crippen LogP contribution in [0.4, 0.5) is 4.39 Å². The molecule has 0 aliphatic heterocycles. The van der Waals surface area contributed by atoms with Crippen LogP contribution in [0.1, 0.15) is 37.4 Å². The second kappa shape index (κ2) is 9.34. The summed E-state index contributed by atoms with van der Waals surface area (Å²) in [6, 6.07) is 12.1. The van der Waals surface area contributed by atoms with E-state index in [0.717, 1.165) is 0 Å². The van der Waals surface area contributed by atoms with Crippen molar-refractivity contribution in [1.82, 2.24) is 5.32 Å². The Morgan fingerprint density at radius 2 is 1.77 bits per heavy atom. The van der Waals surface area contributed by atoms with Gasteiger partial charge in [-0.25, -0.2) is 4.39 Å². The van der Waals surface area contributed by atoms with Gasteiger partial charge in [-0.15, -0.1) is 0 Å². The maximum Gasteiger partial charge on any atom is 0.308 e. The number of carbonyl (C=O) groups is 2. The Hall–Kier alpha value is -2.40. The first-order valence-electron chi connectivity index (χ1n) is 8.33. The van der Waals surface area contributed by atoms with Gasteiger partial charge in [0.2, 0.25) is 5.91 Å². The Kier molecular flexibility index (Phi) is 7.16. The third-order valence-electron chi connectivity index (χ3n) is 3.63. The predicted octanol–water partition coefficient (Wildman–Crippen LogP) is 4.22. The lowest BCUT2D eigenvalue weighted by Crippen LogP contribution is -2.32. The van der Waals surface area contributed by atoms with Crippen LogP contribution in [0.25, 0.3) is 0 Å². The number of nitrogens with one attached hydrogen (secondary N) is 1. The molecule has 1 atom stereocenters. The van der Waals surface area contributed by atoms with Crippen LogP contribution in [0.2, 0.25) is 5.02 Å². The highest BCUT2D eigenvalue weighted by Gasteiger charge is 2.22. The number of hydrogen-bond acceptors (Lipinski definition) is 3. The molecule has 2 aromatic rings. The molecular formula is C20H21ClFNO3. The van der Waals surface area contributed by atoms with Gasteiger partial charge < -0.3 is 10.1 Å². The van der Waals surface area contributed by atoms with Crippen molar-refractivity contribution < 1.29 is 18.7 Å². The molecule has 0 saturated heterocycles.